The molecule has 2 nitrogen and oxygen atoms in total. The number of hydrogen-bond donors (Lipinski definition) is 1. The lowest BCUT2D eigenvalue weighted by atomic mass is 9.97. The molecule has 1 fully saturated rings. The van der Waals surface area contributed by atoms with E-state index in [9.17, 15) is 13.2 Å². The van der Waals surface area contributed by atoms with Crippen molar-refractivity contribution >= 4 is 21.6 Å². The van der Waals surface area contributed by atoms with Crippen LogP contribution >= 0.6 is 15.9 Å². The molecule has 1 aromatic carbocycles. The Morgan fingerprint density at radius 2 is 1.89 bits per heavy atom. The highest BCUT2D eigenvalue weighted by molar-refractivity contribution is 9.10. The average Bonchev–Trinajstić information content (AvgIpc) is 2.38. The van der Waals surface area contributed by atoms with E-state index >= 15 is 0 Å². The Balaban J connectivity index is 2.14. The van der Waals surface area contributed by atoms with Gasteiger partial charge in [0, 0.05) is 24.2 Å². The van der Waals surface area contributed by atoms with Gasteiger partial charge in [0.2, 0.25) is 0 Å². The van der Waals surface area contributed by atoms with Gasteiger partial charge in [-0.3, -0.25) is 0 Å². The summed E-state index contributed by atoms with van der Waals surface area (Å²) in [6.45, 7) is 1.70. The van der Waals surface area contributed by atoms with Crippen molar-refractivity contribution in [3.63, 3.8) is 0 Å². The second kappa shape index (κ2) is 5.71. The minimum atomic E-state index is -4.31. The topological polar surface area (TPSA) is 23.5 Å². The number of rotatable bonds is 2. The number of aliphatic hydroxyl groups is 1. The summed E-state index contributed by atoms with van der Waals surface area (Å²) >= 11 is 3.22. The molecule has 1 aromatic rings. The standard InChI is InChI=1S/C13H15BrF3NO/c14-11-7-10(13(15,16)17)1-2-12(11)18-5-3-9(8-19)4-6-18/h1-2,7,9,19H,3-6,8H2. The van der Waals surface area contributed by atoms with Gasteiger partial charge >= 0.3 is 6.18 Å². The molecule has 0 spiro atoms. The molecule has 1 N–H and O–H groups in total. The number of halogens is 4. The molecule has 0 bridgehead atoms. The van der Waals surface area contributed by atoms with Crippen molar-refractivity contribution in [2.75, 3.05) is 24.6 Å². The van der Waals surface area contributed by atoms with Crippen molar-refractivity contribution in [1.29, 1.82) is 0 Å². The van der Waals surface area contributed by atoms with Gasteiger partial charge in [-0.2, -0.15) is 13.2 Å². The fourth-order valence-electron chi connectivity index (χ4n) is 2.30. The van der Waals surface area contributed by atoms with Crippen LogP contribution in [-0.4, -0.2) is 24.8 Å². The van der Waals surface area contributed by atoms with Crippen LogP contribution in [0.25, 0.3) is 0 Å². The molecule has 19 heavy (non-hydrogen) atoms. The van der Waals surface area contributed by atoms with Crippen molar-refractivity contribution in [2.45, 2.75) is 19.0 Å². The molecule has 106 valence electrons. The second-order valence-electron chi connectivity index (χ2n) is 4.78. The molecule has 0 saturated carbocycles. The lowest BCUT2D eigenvalue weighted by molar-refractivity contribution is -0.137. The van der Waals surface area contributed by atoms with E-state index in [0.29, 0.717) is 10.4 Å². The first-order chi connectivity index (χ1) is 8.91. The van der Waals surface area contributed by atoms with E-state index in [-0.39, 0.29) is 6.61 Å². The van der Waals surface area contributed by atoms with Gasteiger partial charge in [-0.15, -0.1) is 0 Å². The lowest BCUT2D eigenvalue weighted by Crippen LogP contribution is -2.35. The van der Waals surface area contributed by atoms with Crippen LogP contribution in [0.3, 0.4) is 0 Å². The van der Waals surface area contributed by atoms with Crippen LogP contribution in [0.15, 0.2) is 22.7 Å². The smallest absolute Gasteiger partial charge is 0.396 e. The van der Waals surface area contributed by atoms with E-state index in [0.717, 1.165) is 43.8 Å². The summed E-state index contributed by atoms with van der Waals surface area (Å²) in [6.07, 6.45) is -2.58. The van der Waals surface area contributed by atoms with Gasteiger partial charge in [-0.1, -0.05) is 0 Å². The summed E-state index contributed by atoms with van der Waals surface area (Å²) in [5.74, 6) is 0.310. The highest BCUT2D eigenvalue weighted by atomic mass is 79.9. The number of hydrogen-bond acceptors (Lipinski definition) is 2. The maximum absolute atomic E-state index is 12.6. The van der Waals surface area contributed by atoms with Crippen LogP contribution in [-0.2, 0) is 6.18 Å². The predicted molar refractivity (Wildman–Crippen MR) is 71.2 cm³/mol. The van der Waals surface area contributed by atoms with Crippen LogP contribution in [0.1, 0.15) is 18.4 Å². The van der Waals surface area contributed by atoms with E-state index in [1.165, 1.54) is 6.07 Å². The number of aliphatic hydroxyl groups excluding tert-OH is 1. The van der Waals surface area contributed by atoms with E-state index in [2.05, 4.69) is 20.8 Å². The first-order valence-corrected chi connectivity index (χ1v) is 6.93. The first kappa shape index (κ1) is 14.7. The Kier molecular flexibility index (Phi) is 4.40. The SMILES string of the molecule is OCC1CCN(c2ccc(C(F)(F)F)cc2Br)CC1. The number of alkyl halides is 3. The molecule has 0 unspecified atom stereocenters. The van der Waals surface area contributed by atoms with E-state index in [4.69, 9.17) is 5.11 Å². The van der Waals surface area contributed by atoms with E-state index in [1.807, 2.05) is 0 Å². The Morgan fingerprint density at radius 3 is 2.37 bits per heavy atom. The number of nitrogens with zero attached hydrogens (tertiary/aromatic N) is 1. The molecule has 0 aliphatic carbocycles. The first-order valence-electron chi connectivity index (χ1n) is 6.14. The van der Waals surface area contributed by atoms with Crippen molar-refractivity contribution in [2.24, 2.45) is 5.92 Å². The molecule has 1 aliphatic rings. The van der Waals surface area contributed by atoms with E-state index < -0.39 is 11.7 Å². The van der Waals surface area contributed by atoms with Crippen LogP contribution in [0.2, 0.25) is 0 Å². The molecule has 1 heterocycles. The van der Waals surface area contributed by atoms with Crippen molar-refractivity contribution in [3.05, 3.63) is 28.2 Å². The minimum Gasteiger partial charge on any atom is -0.396 e. The van der Waals surface area contributed by atoms with Crippen molar-refractivity contribution in [1.82, 2.24) is 0 Å². The number of anilines is 1. The molecular formula is C13H15BrF3NO. The molecule has 2 rings (SSSR count). The van der Waals surface area contributed by atoms with Gasteiger partial charge in [-0.05, 0) is 52.9 Å². The fourth-order valence-corrected chi connectivity index (χ4v) is 2.93. The third-order valence-electron chi connectivity index (χ3n) is 3.49. The summed E-state index contributed by atoms with van der Waals surface area (Å²) in [4.78, 5) is 2.05. The monoisotopic (exact) mass is 337 g/mol. The summed E-state index contributed by atoms with van der Waals surface area (Å²) in [5, 5.41) is 9.08. The summed E-state index contributed by atoms with van der Waals surface area (Å²) < 4.78 is 38.2. The third kappa shape index (κ3) is 3.42. The van der Waals surface area contributed by atoms with Gasteiger partial charge < -0.3 is 10.0 Å². The summed E-state index contributed by atoms with van der Waals surface area (Å²) in [7, 11) is 0. The maximum Gasteiger partial charge on any atom is 0.416 e. The summed E-state index contributed by atoms with van der Waals surface area (Å²) in [6, 6.07) is 3.73. The van der Waals surface area contributed by atoms with Crippen LogP contribution in [0.5, 0.6) is 0 Å². The second-order valence-corrected chi connectivity index (χ2v) is 5.63. The average molecular weight is 338 g/mol. The molecule has 0 amide bonds. The molecular weight excluding hydrogens is 323 g/mol. The number of benzene rings is 1. The molecule has 6 heteroatoms. The maximum atomic E-state index is 12.6. The fraction of sp³-hybridized carbons (Fsp3) is 0.538. The van der Waals surface area contributed by atoms with Gasteiger partial charge in [0.25, 0.3) is 0 Å². The van der Waals surface area contributed by atoms with Crippen LogP contribution < -0.4 is 4.90 Å². The van der Waals surface area contributed by atoms with Crippen molar-refractivity contribution < 1.29 is 18.3 Å². The normalized spacial score (nSPS) is 17.8. The zero-order chi connectivity index (χ0) is 14.0. The summed E-state index contributed by atoms with van der Waals surface area (Å²) in [5.41, 5.74) is 0.137. The molecule has 0 atom stereocenters. The Bertz CT molecular complexity index is 442. The van der Waals surface area contributed by atoms with Crippen LogP contribution in [0, 0.1) is 5.92 Å². The Hall–Kier alpha value is -0.750. The highest BCUT2D eigenvalue weighted by Crippen LogP contribution is 2.36. The van der Waals surface area contributed by atoms with E-state index in [1.54, 1.807) is 0 Å². The molecule has 1 saturated heterocycles. The predicted octanol–water partition coefficient (Wildman–Crippen LogP) is 3.68. The van der Waals surface area contributed by atoms with Crippen molar-refractivity contribution in [3.8, 4) is 0 Å². The van der Waals surface area contributed by atoms with Gasteiger partial charge in [0.15, 0.2) is 0 Å². The lowest BCUT2D eigenvalue weighted by Gasteiger charge is -2.33. The minimum absolute atomic E-state index is 0.183. The third-order valence-corrected chi connectivity index (χ3v) is 4.12. The Morgan fingerprint density at radius 1 is 1.26 bits per heavy atom. The molecule has 0 radical (unpaired) electrons. The zero-order valence-corrected chi connectivity index (χ0v) is 11.8. The van der Waals surface area contributed by atoms with Gasteiger partial charge in [-0.25, -0.2) is 0 Å². The van der Waals surface area contributed by atoms with Gasteiger partial charge in [0.1, 0.15) is 0 Å². The number of piperidine rings is 1. The zero-order valence-electron chi connectivity index (χ0n) is 10.3. The highest BCUT2D eigenvalue weighted by Gasteiger charge is 2.31. The largest absolute Gasteiger partial charge is 0.416 e. The molecule has 1 aliphatic heterocycles. The van der Waals surface area contributed by atoms with Crippen LogP contribution in [0.4, 0.5) is 18.9 Å². The van der Waals surface area contributed by atoms with Gasteiger partial charge in [0.05, 0.1) is 11.3 Å². The Labute approximate surface area is 118 Å². The molecule has 0 aromatic heterocycles. The quantitative estimate of drug-likeness (QED) is 0.889.